The zero-order valence-electron chi connectivity index (χ0n) is 9.27. The first kappa shape index (κ1) is 11.9. The SMILES string of the molecule is CC[C@H](C)Oc1ccc(OCCO)cc1. The predicted octanol–water partition coefficient (Wildman–Crippen LogP) is 2.24. The van der Waals surface area contributed by atoms with Crippen LogP contribution in [0, 0.1) is 0 Å². The van der Waals surface area contributed by atoms with E-state index in [0.29, 0.717) is 6.61 Å². The molecule has 0 unspecified atom stereocenters. The van der Waals surface area contributed by atoms with Gasteiger partial charge in [0.2, 0.25) is 0 Å². The van der Waals surface area contributed by atoms with Crippen LogP contribution in [0.5, 0.6) is 11.5 Å². The molecule has 0 saturated carbocycles. The quantitative estimate of drug-likeness (QED) is 0.782. The molecule has 0 aliphatic heterocycles. The second-order valence-electron chi connectivity index (χ2n) is 3.38. The molecule has 15 heavy (non-hydrogen) atoms. The van der Waals surface area contributed by atoms with Crippen LogP contribution in [0.3, 0.4) is 0 Å². The number of benzene rings is 1. The highest BCUT2D eigenvalue weighted by Crippen LogP contribution is 2.18. The molecule has 3 heteroatoms. The third-order valence-corrected chi connectivity index (χ3v) is 2.10. The number of hydrogen-bond acceptors (Lipinski definition) is 3. The normalized spacial score (nSPS) is 12.2. The fourth-order valence-electron chi connectivity index (χ4n) is 1.09. The highest BCUT2D eigenvalue weighted by atomic mass is 16.5. The number of ether oxygens (including phenoxy) is 2. The second kappa shape index (κ2) is 6.30. The lowest BCUT2D eigenvalue weighted by atomic mass is 10.3. The van der Waals surface area contributed by atoms with Gasteiger partial charge >= 0.3 is 0 Å². The van der Waals surface area contributed by atoms with E-state index in [-0.39, 0.29) is 12.7 Å². The van der Waals surface area contributed by atoms with E-state index in [9.17, 15) is 0 Å². The maximum Gasteiger partial charge on any atom is 0.119 e. The fourth-order valence-corrected chi connectivity index (χ4v) is 1.09. The molecule has 1 rings (SSSR count). The van der Waals surface area contributed by atoms with Crippen LogP contribution in [0.15, 0.2) is 24.3 Å². The third-order valence-electron chi connectivity index (χ3n) is 2.10. The van der Waals surface area contributed by atoms with Crippen molar-refractivity contribution in [1.82, 2.24) is 0 Å². The summed E-state index contributed by atoms with van der Waals surface area (Å²) in [5, 5.41) is 8.58. The zero-order chi connectivity index (χ0) is 11.1. The summed E-state index contributed by atoms with van der Waals surface area (Å²) in [5.41, 5.74) is 0. The molecule has 1 atom stereocenters. The molecule has 0 bridgehead atoms. The van der Waals surface area contributed by atoms with E-state index in [0.717, 1.165) is 17.9 Å². The van der Waals surface area contributed by atoms with E-state index in [1.54, 1.807) is 0 Å². The highest BCUT2D eigenvalue weighted by molar-refractivity contribution is 5.31. The Morgan fingerprint density at radius 1 is 1.20 bits per heavy atom. The molecule has 3 nitrogen and oxygen atoms in total. The van der Waals surface area contributed by atoms with Crippen molar-refractivity contribution in [2.75, 3.05) is 13.2 Å². The van der Waals surface area contributed by atoms with Gasteiger partial charge < -0.3 is 14.6 Å². The van der Waals surface area contributed by atoms with Crippen LogP contribution in [-0.2, 0) is 0 Å². The molecule has 0 saturated heterocycles. The minimum atomic E-state index is 0.0329. The summed E-state index contributed by atoms with van der Waals surface area (Å²) < 4.78 is 10.9. The van der Waals surface area contributed by atoms with Crippen molar-refractivity contribution in [1.29, 1.82) is 0 Å². The van der Waals surface area contributed by atoms with Gasteiger partial charge in [-0.1, -0.05) is 6.92 Å². The van der Waals surface area contributed by atoms with Crippen molar-refractivity contribution < 1.29 is 14.6 Å². The molecule has 0 amide bonds. The molecule has 1 N–H and O–H groups in total. The lowest BCUT2D eigenvalue weighted by molar-refractivity contribution is 0.200. The van der Waals surface area contributed by atoms with Crippen molar-refractivity contribution in [3.8, 4) is 11.5 Å². The smallest absolute Gasteiger partial charge is 0.119 e. The van der Waals surface area contributed by atoms with E-state index >= 15 is 0 Å². The van der Waals surface area contributed by atoms with Gasteiger partial charge in [0.25, 0.3) is 0 Å². The largest absolute Gasteiger partial charge is 0.491 e. The Morgan fingerprint density at radius 3 is 2.33 bits per heavy atom. The van der Waals surface area contributed by atoms with E-state index in [1.165, 1.54) is 0 Å². The summed E-state index contributed by atoms with van der Waals surface area (Å²) in [5.74, 6) is 1.60. The van der Waals surface area contributed by atoms with Crippen LogP contribution in [0.1, 0.15) is 20.3 Å². The lowest BCUT2D eigenvalue weighted by Gasteiger charge is -2.12. The lowest BCUT2D eigenvalue weighted by Crippen LogP contribution is -2.09. The van der Waals surface area contributed by atoms with E-state index < -0.39 is 0 Å². The summed E-state index contributed by atoms with van der Waals surface area (Å²) in [6.45, 7) is 4.48. The van der Waals surface area contributed by atoms with Crippen LogP contribution < -0.4 is 9.47 Å². The highest BCUT2D eigenvalue weighted by Gasteiger charge is 2.00. The predicted molar refractivity (Wildman–Crippen MR) is 59.4 cm³/mol. The third kappa shape index (κ3) is 4.21. The maximum atomic E-state index is 8.58. The average Bonchev–Trinajstić information content (AvgIpc) is 2.28. The molecular weight excluding hydrogens is 192 g/mol. The first-order valence-electron chi connectivity index (χ1n) is 5.26. The Labute approximate surface area is 90.6 Å². The molecule has 1 aromatic carbocycles. The summed E-state index contributed by atoms with van der Waals surface area (Å²) in [4.78, 5) is 0. The number of hydrogen-bond donors (Lipinski definition) is 1. The molecule has 0 aliphatic rings. The summed E-state index contributed by atoms with van der Waals surface area (Å²) in [7, 11) is 0. The summed E-state index contributed by atoms with van der Waals surface area (Å²) >= 11 is 0. The first-order valence-corrected chi connectivity index (χ1v) is 5.26. The number of rotatable bonds is 6. The van der Waals surface area contributed by atoms with Crippen molar-refractivity contribution >= 4 is 0 Å². The van der Waals surface area contributed by atoms with Crippen molar-refractivity contribution in [2.24, 2.45) is 0 Å². The Bertz CT molecular complexity index is 269. The van der Waals surface area contributed by atoms with Gasteiger partial charge in [0, 0.05) is 0 Å². The molecule has 0 aliphatic carbocycles. The molecule has 0 fully saturated rings. The van der Waals surface area contributed by atoms with Gasteiger partial charge in [-0.05, 0) is 37.6 Å². The van der Waals surface area contributed by atoms with Gasteiger partial charge in [0.1, 0.15) is 18.1 Å². The molecule has 0 aromatic heterocycles. The van der Waals surface area contributed by atoms with Gasteiger partial charge in [-0.3, -0.25) is 0 Å². The Hall–Kier alpha value is -1.22. The van der Waals surface area contributed by atoms with Crippen LogP contribution in [0.25, 0.3) is 0 Å². The van der Waals surface area contributed by atoms with Crippen LogP contribution >= 0.6 is 0 Å². The van der Waals surface area contributed by atoms with Crippen molar-refractivity contribution in [3.05, 3.63) is 24.3 Å². The molecule has 84 valence electrons. The molecule has 0 radical (unpaired) electrons. The summed E-state index contributed by atoms with van der Waals surface area (Å²) in [6, 6.07) is 7.43. The van der Waals surface area contributed by atoms with E-state index in [2.05, 4.69) is 6.92 Å². The molecule has 1 aromatic rings. The minimum absolute atomic E-state index is 0.0329. The molecular formula is C12H18O3. The van der Waals surface area contributed by atoms with Crippen LogP contribution in [-0.4, -0.2) is 24.4 Å². The number of aliphatic hydroxyl groups is 1. The summed E-state index contributed by atoms with van der Waals surface area (Å²) in [6.07, 6.45) is 1.22. The van der Waals surface area contributed by atoms with E-state index in [4.69, 9.17) is 14.6 Å². The number of aliphatic hydroxyl groups excluding tert-OH is 1. The zero-order valence-corrected chi connectivity index (χ0v) is 9.27. The van der Waals surface area contributed by atoms with Gasteiger partial charge in [-0.15, -0.1) is 0 Å². The topological polar surface area (TPSA) is 38.7 Å². The van der Waals surface area contributed by atoms with Crippen LogP contribution in [0.2, 0.25) is 0 Å². The first-order chi connectivity index (χ1) is 7.26. The van der Waals surface area contributed by atoms with Gasteiger partial charge in [0.05, 0.1) is 12.7 Å². The van der Waals surface area contributed by atoms with Gasteiger partial charge in [0.15, 0.2) is 0 Å². The molecule has 0 heterocycles. The van der Waals surface area contributed by atoms with Crippen molar-refractivity contribution in [3.63, 3.8) is 0 Å². The Morgan fingerprint density at radius 2 is 1.80 bits per heavy atom. The van der Waals surface area contributed by atoms with Gasteiger partial charge in [-0.25, -0.2) is 0 Å². The van der Waals surface area contributed by atoms with Gasteiger partial charge in [-0.2, -0.15) is 0 Å². The maximum absolute atomic E-state index is 8.58. The standard InChI is InChI=1S/C12H18O3/c1-3-10(2)15-12-6-4-11(5-7-12)14-9-8-13/h4-7,10,13H,3,8-9H2,1-2H3/t10-/m0/s1. The van der Waals surface area contributed by atoms with E-state index in [1.807, 2.05) is 31.2 Å². The molecule has 0 spiro atoms. The monoisotopic (exact) mass is 210 g/mol. The Kier molecular flexibility index (Phi) is 4.98. The van der Waals surface area contributed by atoms with Crippen LogP contribution in [0.4, 0.5) is 0 Å². The van der Waals surface area contributed by atoms with Crippen molar-refractivity contribution in [2.45, 2.75) is 26.4 Å². The average molecular weight is 210 g/mol. The Balaban J connectivity index is 2.48. The fraction of sp³-hybridized carbons (Fsp3) is 0.500. The second-order valence-corrected chi connectivity index (χ2v) is 3.38. The minimum Gasteiger partial charge on any atom is -0.491 e.